The number of hydrogen-bond acceptors (Lipinski definition) is 5. The summed E-state index contributed by atoms with van der Waals surface area (Å²) in [6, 6.07) is 1.42. The van der Waals surface area contributed by atoms with E-state index in [1.807, 2.05) is 0 Å². The Bertz CT molecular complexity index is 607. The molecule has 9 heteroatoms. The first-order valence-electron chi connectivity index (χ1n) is 5.45. The predicted octanol–water partition coefficient (Wildman–Crippen LogP) is 0.183. The number of carboxylic acid groups (broad SMARTS) is 1. The smallest absolute Gasteiger partial charge is 0.436 e. The summed E-state index contributed by atoms with van der Waals surface area (Å²) in [7, 11) is 0. The molecule has 0 bridgehead atoms. The number of halogens is 3. The van der Waals surface area contributed by atoms with Crippen LogP contribution in [0.1, 0.15) is 12.1 Å². The van der Waals surface area contributed by atoms with Crippen LogP contribution in [0.5, 0.6) is 0 Å². The summed E-state index contributed by atoms with van der Waals surface area (Å²) in [5.41, 5.74) is -0.869. The second kappa shape index (κ2) is 5.27. The van der Waals surface area contributed by atoms with Crippen LogP contribution in [0, 0.1) is 0 Å². The highest BCUT2D eigenvalue weighted by Crippen LogP contribution is 2.30. The van der Waals surface area contributed by atoms with Gasteiger partial charge in [0, 0.05) is 18.5 Å². The zero-order chi connectivity index (χ0) is 14.8. The number of oxazole rings is 1. The largest absolute Gasteiger partial charge is 0.550 e. The van der Waals surface area contributed by atoms with Gasteiger partial charge in [0.05, 0.1) is 5.56 Å². The lowest BCUT2D eigenvalue weighted by Gasteiger charge is -1.98. The Morgan fingerprint density at radius 2 is 2.20 bits per heavy atom. The number of carboxylic acids is 1. The first kappa shape index (κ1) is 14.0. The summed E-state index contributed by atoms with van der Waals surface area (Å²) in [5.74, 6) is -1.43. The second-order valence-electron chi connectivity index (χ2n) is 3.84. The van der Waals surface area contributed by atoms with Gasteiger partial charge in [0.25, 0.3) is 0 Å². The second-order valence-corrected chi connectivity index (χ2v) is 3.84. The zero-order valence-corrected chi connectivity index (χ0v) is 9.92. The molecular formula is C11H8F3N3O3. The third kappa shape index (κ3) is 3.31. The number of rotatable bonds is 4. The molecule has 20 heavy (non-hydrogen) atoms. The lowest BCUT2D eigenvalue weighted by molar-refractivity contribution is -0.753. The van der Waals surface area contributed by atoms with Crippen molar-refractivity contribution in [2.75, 3.05) is 0 Å². The number of aliphatic carboxylic acids is 1. The highest BCUT2D eigenvalue weighted by molar-refractivity contribution is 5.63. The number of carbonyl (C=O) groups excluding carboxylic acids is 1. The van der Waals surface area contributed by atoms with Crippen LogP contribution in [0.25, 0.3) is 11.5 Å². The van der Waals surface area contributed by atoms with Crippen LogP contribution in [0.2, 0.25) is 0 Å². The van der Waals surface area contributed by atoms with E-state index in [9.17, 15) is 23.1 Å². The van der Waals surface area contributed by atoms with Gasteiger partial charge in [-0.05, 0) is 5.10 Å². The molecule has 0 saturated heterocycles. The molecule has 2 rings (SSSR count). The molecule has 0 fully saturated rings. The van der Waals surface area contributed by atoms with Crippen LogP contribution < -0.4 is 9.79 Å². The van der Waals surface area contributed by atoms with Crippen LogP contribution >= 0.6 is 0 Å². The van der Waals surface area contributed by atoms with Crippen LogP contribution in [-0.2, 0) is 17.5 Å². The maximum absolute atomic E-state index is 12.4. The number of aromatic nitrogens is 3. The fourth-order valence-corrected chi connectivity index (χ4v) is 1.39. The van der Waals surface area contributed by atoms with E-state index in [0.717, 1.165) is 0 Å². The van der Waals surface area contributed by atoms with Gasteiger partial charge in [0.2, 0.25) is 5.89 Å². The SMILES string of the molecule is O=C([O-])CC[n+]1ccc(-c2nc(C(F)(F)F)co2)cn1. The van der Waals surface area contributed by atoms with Crippen LogP contribution in [-0.4, -0.2) is 16.1 Å². The van der Waals surface area contributed by atoms with Gasteiger partial charge in [0.1, 0.15) is 12.5 Å². The Labute approximate surface area is 110 Å². The predicted molar refractivity (Wildman–Crippen MR) is 54.6 cm³/mol. The molecule has 2 aromatic rings. The fraction of sp³-hybridized carbons (Fsp3) is 0.273. The average Bonchev–Trinajstić information content (AvgIpc) is 2.86. The van der Waals surface area contributed by atoms with Crippen molar-refractivity contribution in [2.24, 2.45) is 0 Å². The first-order valence-corrected chi connectivity index (χ1v) is 5.45. The summed E-state index contributed by atoms with van der Waals surface area (Å²) in [6.45, 7) is 0.0992. The van der Waals surface area contributed by atoms with Crippen LogP contribution in [0.15, 0.2) is 29.1 Å². The number of hydrogen-bond donors (Lipinski definition) is 0. The monoisotopic (exact) mass is 287 g/mol. The molecule has 106 valence electrons. The molecular weight excluding hydrogens is 279 g/mol. The van der Waals surface area contributed by atoms with Gasteiger partial charge in [-0.1, -0.05) is 4.68 Å². The molecule has 0 atom stereocenters. The maximum Gasteiger partial charge on any atom is 0.436 e. The highest BCUT2D eigenvalue weighted by atomic mass is 19.4. The van der Waals surface area contributed by atoms with E-state index in [4.69, 9.17) is 4.42 Å². The molecule has 0 radical (unpaired) electrons. The van der Waals surface area contributed by atoms with Crippen molar-refractivity contribution >= 4 is 5.97 Å². The van der Waals surface area contributed by atoms with Crippen molar-refractivity contribution in [1.29, 1.82) is 0 Å². The maximum atomic E-state index is 12.4. The molecule has 0 aliphatic rings. The van der Waals surface area contributed by atoms with E-state index in [0.29, 0.717) is 6.26 Å². The number of aryl methyl sites for hydroxylation is 1. The molecule has 0 saturated carbocycles. The van der Waals surface area contributed by atoms with Gasteiger partial charge in [0.15, 0.2) is 18.4 Å². The van der Waals surface area contributed by atoms with Crippen molar-refractivity contribution in [3.8, 4) is 11.5 Å². The van der Waals surface area contributed by atoms with E-state index in [-0.39, 0.29) is 24.4 Å². The van der Waals surface area contributed by atoms with Gasteiger partial charge in [-0.2, -0.15) is 13.2 Å². The molecule has 0 aromatic carbocycles. The minimum Gasteiger partial charge on any atom is -0.550 e. The van der Waals surface area contributed by atoms with E-state index < -0.39 is 17.8 Å². The summed E-state index contributed by atoms with van der Waals surface area (Å²) >= 11 is 0. The molecule has 0 aliphatic carbocycles. The van der Waals surface area contributed by atoms with E-state index >= 15 is 0 Å². The molecule has 0 aliphatic heterocycles. The summed E-state index contributed by atoms with van der Waals surface area (Å²) in [4.78, 5) is 13.6. The molecule has 0 N–H and O–H groups in total. The lowest BCUT2D eigenvalue weighted by atomic mass is 10.3. The van der Waals surface area contributed by atoms with E-state index in [1.165, 1.54) is 23.1 Å². The Morgan fingerprint density at radius 3 is 2.70 bits per heavy atom. The van der Waals surface area contributed by atoms with Crippen molar-refractivity contribution in [3.63, 3.8) is 0 Å². The third-order valence-electron chi connectivity index (χ3n) is 2.36. The Balaban J connectivity index is 2.14. The van der Waals surface area contributed by atoms with Gasteiger partial charge < -0.3 is 14.3 Å². The van der Waals surface area contributed by atoms with Gasteiger partial charge in [-0.15, -0.1) is 0 Å². The van der Waals surface area contributed by atoms with Gasteiger partial charge >= 0.3 is 6.18 Å². The molecule has 0 unspecified atom stereocenters. The molecule has 2 heterocycles. The normalized spacial score (nSPS) is 11.6. The first-order chi connectivity index (χ1) is 9.36. The molecule has 2 aromatic heterocycles. The van der Waals surface area contributed by atoms with E-state index in [1.54, 1.807) is 0 Å². The quantitative estimate of drug-likeness (QED) is 0.749. The lowest BCUT2D eigenvalue weighted by Crippen LogP contribution is -2.40. The van der Waals surface area contributed by atoms with Gasteiger partial charge in [-0.25, -0.2) is 4.98 Å². The Kier molecular flexibility index (Phi) is 3.68. The van der Waals surface area contributed by atoms with Crippen LogP contribution in [0.3, 0.4) is 0 Å². The van der Waals surface area contributed by atoms with Crippen molar-refractivity contribution in [2.45, 2.75) is 19.1 Å². The number of alkyl halides is 3. The zero-order valence-electron chi connectivity index (χ0n) is 9.92. The van der Waals surface area contributed by atoms with Gasteiger partial charge in [-0.3, -0.25) is 0 Å². The molecule has 6 nitrogen and oxygen atoms in total. The van der Waals surface area contributed by atoms with Crippen molar-refractivity contribution < 1.29 is 32.2 Å². The summed E-state index contributed by atoms with van der Waals surface area (Å²) in [5, 5.41) is 14.1. The standard InChI is InChI=1S/C11H8F3N3O3/c12-11(13,14)8-6-20-10(16-8)7-1-3-17(15-5-7)4-2-9(18)19/h1,3,5-6H,2,4H2. The number of nitrogens with zero attached hydrogens (tertiary/aromatic N) is 3. The Morgan fingerprint density at radius 1 is 1.45 bits per heavy atom. The summed E-state index contributed by atoms with van der Waals surface area (Å²) < 4.78 is 43.1. The topological polar surface area (TPSA) is 82.9 Å². The average molecular weight is 287 g/mol. The summed E-state index contributed by atoms with van der Waals surface area (Å²) in [6.07, 6.45) is -1.61. The highest BCUT2D eigenvalue weighted by Gasteiger charge is 2.35. The molecule has 0 spiro atoms. The molecule has 0 amide bonds. The van der Waals surface area contributed by atoms with Crippen molar-refractivity contribution in [3.05, 3.63) is 30.4 Å². The fourth-order valence-electron chi connectivity index (χ4n) is 1.39. The van der Waals surface area contributed by atoms with Crippen molar-refractivity contribution in [1.82, 2.24) is 10.1 Å². The van der Waals surface area contributed by atoms with E-state index in [2.05, 4.69) is 10.1 Å². The number of carbonyl (C=O) groups is 1. The Hall–Kier alpha value is -2.45. The van der Waals surface area contributed by atoms with Crippen LogP contribution in [0.4, 0.5) is 13.2 Å². The third-order valence-corrected chi connectivity index (χ3v) is 2.36. The minimum atomic E-state index is -4.57. The minimum absolute atomic E-state index is 0.0992.